The van der Waals surface area contributed by atoms with E-state index in [2.05, 4.69) is 5.32 Å². The van der Waals surface area contributed by atoms with Crippen molar-refractivity contribution in [3.05, 3.63) is 58.1 Å². The smallest absolute Gasteiger partial charge is 0.120 e. The second-order valence-corrected chi connectivity index (χ2v) is 5.12. The third kappa shape index (κ3) is 3.57. The molecule has 0 spiro atoms. The topological polar surface area (TPSA) is 41.5 Å². The predicted octanol–water partition coefficient (Wildman–Crippen LogP) is 4.15. The lowest BCUT2D eigenvalue weighted by atomic mass is 10.1. The number of aliphatic hydroxyl groups excluding tert-OH is 1. The fourth-order valence-electron chi connectivity index (χ4n) is 1.92. The molecule has 1 atom stereocenters. The van der Waals surface area contributed by atoms with Crippen molar-refractivity contribution in [1.82, 2.24) is 0 Å². The molecule has 106 valence electrons. The molecule has 20 heavy (non-hydrogen) atoms. The van der Waals surface area contributed by atoms with Crippen LogP contribution in [0.4, 0.5) is 5.69 Å². The molecule has 2 aromatic carbocycles. The Morgan fingerprint density at radius 1 is 1.20 bits per heavy atom. The third-order valence-electron chi connectivity index (χ3n) is 2.93. The highest BCUT2D eigenvalue weighted by atomic mass is 35.5. The van der Waals surface area contributed by atoms with E-state index in [0.29, 0.717) is 10.0 Å². The third-order valence-corrected chi connectivity index (χ3v) is 3.49. The van der Waals surface area contributed by atoms with Crippen molar-refractivity contribution >= 4 is 28.9 Å². The van der Waals surface area contributed by atoms with E-state index in [9.17, 15) is 5.11 Å². The lowest BCUT2D eigenvalue weighted by molar-refractivity contribution is 0.276. The van der Waals surface area contributed by atoms with Crippen LogP contribution in [0.1, 0.15) is 11.6 Å². The highest BCUT2D eigenvalue weighted by Gasteiger charge is 2.14. The zero-order valence-electron chi connectivity index (χ0n) is 10.9. The number of hydrogen-bond acceptors (Lipinski definition) is 3. The first-order chi connectivity index (χ1) is 9.63. The Morgan fingerprint density at radius 3 is 2.65 bits per heavy atom. The summed E-state index contributed by atoms with van der Waals surface area (Å²) in [4.78, 5) is 0. The van der Waals surface area contributed by atoms with E-state index >= 15 is 0 Å². The highest BCUT2D eigenvalue weighted by Crippen LogP contribution is 2.29. The fourth-order valence-corrected chi connectivity index (χ4v) is 2.46. The summed E-state index contributed by atoms with van der Waals surface area (Å²) >= 11 is 12.0. The van der Waals surface area contributed by atoms with E-state index in [0.717, 1.165) is 17.0 Å². The first kappa shape index (κ1) is 15.0. The van der Waals surface area contributed by atoms with E-state index in [1.165, 1.54) is 0 Å². The van der Waals surface area contributed by atoms with Crippen LogP contribution >= 0.6 is 23.2 Å². The van der Waals surface area contributed by atoms with E-state index in [-0.39, 0.29) is 12.6 Å². The van der Waals surface area contributed by atoms with Crippen molar-refractivity contribution in [1.29, 1.82) is 0 Å². The number of ether oxygens (including phenoxy) is 1. The van der Waals surface area contributed by atoms with E-state index in [1.54, 1.807) is 25.3 Å². The zero-order chi connectivity index (χ0) is 14.5. The standard InChI is InChI=1S/C15H15Cl2NO2/c1-20-12-4-2-3-11(8-12)18-15(9-19)13-6-5-10(16)7-14(13)17/h2-8,15,18-19H,9H2,1H3. The van der Waals surface area contributed by atoms with Gasteiger partial charge in [-0.05, 0) is 29.8 Å². The molecule has 0 bridgehead atoms. The summed E-state index contributed by atoms with van der Waals surface area (Å²) in [5, 5.41) is 13.9. The molecule has 2 N–H and O–H groups in total. The molecule has 0 aromatic heterocycles. The molecule has 0 amide bonds. The van der Waals surface area contributed by atoms with Gasteiger partial charge < -0.3 is 15.2 Å². The number of rotatable bonds is 5. The number of anilines is 1. The number of hydrogen-bond donors (Lipinski definition) is 2. The molecule has 2 aromatic rings. The van der Waals surface area contributed by atoms with Gasteiger partial charge in [-0.25, -0.2) is 0 Å². The quantitative estimate of drug-likeness (QED) is 0.871. The van der Waals surface area contributed by atoms with Gasteiger partial charge in [-0.1, -0.05) is 35.3 Å². The molecular formula is C15H15Cl2NO2. The molecule has 1 unspecified atom stereocenters. The molecule has 0 radical (unpaired) electrons. The number of nitrogens with one attached hydrogen (secondary N) is 1. The van der Waals surface area contributed by atoms with Crippen LogP contribution in [-0.2, 0) is 0 Å². The van der Waals surface area contributed by atoms with Crippen LogP contribution in [0.15, 0.2) is 42.5 Å². The molecule has 0 saturated heterocycles. The minimum Gasteiger partial charge on any atom is -0.497 e. The van der Waals surface area contributed by atoms with Crippen molar-refractivity contribution in [2.45, 2.75) is 6.04 Å². The molecule has 2 rings (SSSR count). The van der Waals surface area contributed by atoms with Gasteiger partial charge in [-0.3, -0.25) is 0 Å². The highest BCUT2D eigenvalue weighted by molar-refractivity contribution is 6.35. The Hall–Kier alpha value is -1.42. The molecule has 0 saturated carbocycles. The molecule has 0 heterocycles. The number of benzene rings is 2. The molecular weight excluding hydrogens is 297 g/mol. The van der Waals surface area contributed by atoms with E-state index in [4.69, 9.17) is 27.9 Å². The van der Waals surface area contributed by atoms with Gasteiger partial charge in [0, 0.05) is 21.8 Å². The first-order valence-corrected chi connectivity index (χ1v) is 6.86. The van der Waals surface area contributed by atoms with E-state index < -0.39 is 0 Å². The van der Waals surface area contributed by atoms with Crippen molar-refractivity contribution in [2.75, 3.05) is 19.0 Å². The van der Waals surface area contributed by atoms with Gasteiger partial charge in [0.25, 0.3) is 0 Å². The second-order valence-electron chi connectivity index (χ2n) is 4.28. The Balaban J connectivity index is 2.23. The lowest BCUT2D eigenvalue weighted by Gasteiger charge is -2.19. The van der Waals surface area contributed by atoms with Gasteiger partial charge in [-0.2, -0.15) is 0 Å². The molecule has 0 aliphatic carbocycles. The Kier molecular flexibility index (Phi) is 5.12. The molecule has 0 aliphatic heterocycles. The lowest BCUT2D eigenvalue weighted by Crippen LogP contribution is -2.15. The number of aliphatic hydroxyl groups is 1. The monoisotopic (exact) mass is 311 g/mol. The Bertz CT molecular complexity index is 590. The maximum absolute atomic E-state index is 9.58. The summed E-state index contributed by atoms with van der Waals surface area (Å²) in [6.07, 6.45) is 0. The summed E-state index contributed by atoms with van der Waals surface area (Å²) < 4.78 is 5.17. The molecule has 0 aliphatic rings. The minimum absolute atomic E-state index is 0.0848. The zero-order valence-corrected chi connectivity index (χ0v) is 12.4. The first-order valence-electron chi connectivity index (χ1n) is 6.10. The summed E-state index contributed by atoms with van der Waals surface area (Å²) in [6, 6.07) is 12.4. The van der Waals surface area contributed by atoms with Crippen molar-refractivity contribution in [3.63, 3.8) is 0 Å². The molecule has 0 fully saturated rings. The maximum atomic E-state index is 9.58. The van der Waals surface area contributed by atoms with Crippen molar-refractivity contribution in [2.24, 2.45) is 0 Å². The van der Waals surface area contributed by atoms with Crippen LogP contribution in [0.25, 0.3) is 0 Å². The van der Waals surface area contributed by atoms with Gasteiger partial charge in [0.15, 0.2) is 0 Å². The fraction of sp³-hybridized carbons (Fsp3) is 0.200. The average Bonchev–Trinajstić information content (AvgIpc) is 2.45. The summed E-state index contributed by atoms with van der Waals surface area (Å²) in [5.74, 6) is 0.744. The number of methoxy groups -OCH3 is 1. The minimum atomic E-state index is -0.313. The van der Waals surface area contributed by atoms with Crippen LogP contribution in [0.2, 0.25) is 10.0 Å². The van der Waals surface area contributed by atoms with Gasteiger partial charge in [0.05, 0.1) is 19.8 Å². The Morgan fingerprint density at radius 2 is 2.00 bits per heavy atom. The number of halogens is 2. The SMILES string of the molecule is COc1cccc(NC(CO)c2ccc(Cl)cc2Cl)c1. The van der Waals surface area contributed by atoms with Crippen molar-refractivity contribution in [3.8, 4) is 5.75 Å². The van der Waals surface area contributed by atoms with Crippen LogP contribution in [0.3, 0.4) is 0 Å². The predicted molar refractivity (Wildman–Crippen MR) is 82.9 cm³/mol. The normalized spacial score (nSPS) is 12.0. The summed E-state index contributed by atoms with van der Waals surface area (Å²) in [7, 11) is 1.61. The largest absolute Gasteiger partial charge is 0.497 e. The summed E-state index contributed by atoms with van der Waals surface area (Å²) in [5.41, 5.74) is 1.64. The van der Waals surface area contributed by atoms with Gasteiger partial charge in [-0.15, -0.1) is 0 Å². The molecule has 5 heteroatoms. The van der Waals surface area contributed by atoms with Crippen molar-refractivity contribution < 1.29 is 9.84 Å². The van der Waals surface area contributed by atoms with Gasteiger partial charge >= 0.3 is 0 Å². The summed E-state index contributed by atoms with van der Waals surface area (Å²) in [6.45, 7) is -0.0848. The Labute approximate surface area is 128 Å². The van der Waals surface area contributed by atoms with E-state index in [1.807, 2.05) is 24.3 Å². The maximum Gasteiger partial charge on any atom is 0.120 e. The van der Waals surface area contributed by atoms with Crippen LogP contribution in [0.5, 0.6) is 5.75 Å². The van der Waals surface area contributed by atoms with Gasteiger partial charge in [0.2, 0.25) is 0 Å². The molecule has 3 nitrogen and oxygen atoms in total. The second kappa shape index (κ2) is 6.84. The average molecular weight is 312 g/mol. The van der Waals surface area contributed by atoms with Gasteiger partial charge in [0.1, 0.15) is 5.75 Å². The van der Waals surface area contributed by atoms with Crippen LogP contribution in [-0.4, -0.2) is 18.8 Å². The van der Waals surface area contributed by atoms with Crippen LogP contribution < -0.4 is 10.1 Å². The van der Waals surface area contributed by atoms with Crippen LogP contribution in [0, 0.1) is 0 Å².